The van der Waals surface area contributed by atoms with E-state index in [1.165, 1.54) is 4.90 Å². The number of rotatable bonds is 17. The molecule has 1 fully saturated rings. The maximum atomic E-state index is 14.6. The first kappa shape index (κ1) is 45.3. The van der Waals surface area contributed by atoms with E-state index >= 15 is 0 Å². The van der Waals surface area contributed by atoms with Gasteiger partial charge in [-0.25, -0.2) is 4.79 Å². The molecule has 1 aromatic carbocycles. The number of nitrogens with zero attached hydrogens (tertiary/aromatic N) is 1. The van der Waals surface area contributed by atoms with E-state index < -0.39 is 70.1 Å². The molecule has 1 aliphatic rings. The van der Waals surface area contributed by atoms with Gasteiger partial charge < -0.3 is 31.5 Å². The van der Waals surface area contributed by atoms with Gasteiger partial charge in [0.05, 0.1) is 30.7 Å². The third kappa shape index (κ3) is 12.6. The van der Waals surface area contributed by atoms with Crippen LogP contribution in [0.4, 0.5) is 4.79 Å². The molecule has 14 heteroatoms. The summed E-state index contributed by atoms with van der Waals surface area (Å²) in [6, 6.07) is 2.87. The topological polar surface area (TPSA) is 191 Å². The summed E-state index contributed by atoms with van der Waals surface area (Å²) in [7, 11) is 0. The first-order valence-corrected chi connectivity index (χ1v) is 19.8. The zero-order valence-electron chi connectivity index (χ0n) is 33.3. The Morgan fingerprint density at radius 3 is 2.19 bits per heavy atom. The molecular formula is C39H64N6O7S+2. The predicted octanol–water partition coefficient (Wildman–Crippen LogP) is 2.98. The molecule has 5 amide bonds. The minimum absolute atomic E-state index is 0.0590. The molecule has 1 aliphatic heterocycles. The lowest BCUT2D eigenvalue weighted by Gasteiger charge is -2.37. The number of carbonyl (C=O) groups excluding carboxylic acids is 5. The van der Waals surface area contributed by atoms with Crippen LogP contribution in [0.25, 0.3) is 0 Å². The summed E-state index contributed by atoms with van der Waals surface area (Å²) in [5.74, 6) is -3.13. The number of quaternary nitrogens is 1. The molecule has 1 saturated heterocycles. The molecule has 0 saturated carbocycles. The quantitative estimate of drug-likeness (QED) is 0.0609. The molecule has 53 heavy (non-hydrogen) atoms. The molecule has 0 radical (unpaired) electrons. The maximum Gasteiger partial charge on any atom is 0.315 e. The Labute approximate surface area is 318 Å². The van der Waals surface area contributed by atoms with E-state index in [1.807, 2.05) is 73.7 Å². The van der Waals surface area contributed by atoms with E-state index in [2.05, 4.69) is 33.6 Å². The summed E-state index contributed by atoms with van der Waals surface area (Å²) in [6.07, 6.45) is 1.61. The smallest absolute Gasteiger partial charge is 0.315 e. The van der Waals surface area contributed by atoms with Crippen molar-refractivity contribution in [2.24, 2.45) is 22.7 Å². The van der Waals surface area contributed by atoms with Gasteiger partial charge in [-0.3, -0.25) is 19.2 Å². The Bertz CT molecular complexity index is 1540. The van der Waals surface area contributed by atoms with Crippen LogP contribution in [0, 0.1) is 22.7 Å². The number of benzene rings is 1. The number of carbonyl (C=O) groups is 5. The van der Waals surface area contributed by atoms with Gasteiger partial charge in [0, 0.05) is 12.5 Å². The summed E-state index contributed by atoms with van der Waals surface area (Å²) in [5, 5.41) is 13.3. The standard InChI is InChI=1S/C39H62N6O7S/c1-12-15-19-27(32(46)35(48)41-14-3)42-34(47)31-30(24(4)5)25(13-2)23-45(31)36(49)33(39(9,10)11)44-37(50)43-29(38(6,7)8)22-40-21-26-18-16-17-20-28(26)53(51)52/h16-18,20,24,27,29-31,33,40H,2,12,14-15,19,21-23H2,1,3-11H3,(H,41,48)(H,42,47)(H,51,52)(H2,43,44,50)/p+2. The number of hydrogen-bond donors (Lipinski definition) is 6. The van der Waals surface area contributed by atoms with Crippen LogP contribution in [0.3, 0.4) is 0 Å². The third-order valence-electron chi connectivity index (χ3n) is 9.66. The van der Waals surface area contributed by atoms with Crippen molar-refractivity contribution in [1.82, 2.24) is 26.2 Å². The van der Waals surface area contributed by atoms with Crippen molar-refractivity contribution in [2.75, 3.05) is 19.6 Å². The van der Waals surface area contributed by atoms with Crippen molar-refractivity contribution in [3.63, 3.8) is 0 Å². The Morgan fingerprint density at radius 2 is 1.66 bits per heavy atom. The second kappa shape index (κ2) is 20.0. The van der Waals surface area contributed by atoms with Crippen LogP contribution >= 0.6 is 0 Å². The number of nitrogens with one attached hydrogen (secondary N) is 4. The Balaban J connectivity index is 2.39. The van der Waals surface area contributed by atoms with Gasteiger partial charge in [0.2, 0.25) is 28.7 Å². The zero-order chi connectivity index (χ0) is 40.3. The van der Waals surface area contributed by atoms with E-state index in [0.717, 1.165) is 12.0 Å². The number of unbranched alkanes of at least 4 members (excludes halogenated alkanes) is 1. The number of Topliss-reactive ketones (excluding diaryl/α,β-unsaturated/α-hetero) is 1. The van der Waals surface area contributed by atoms with E-state index in [0.29, 0.717) is 30.0 Å². The Morgan fingerprint density at radius 1 is 1.02 bits per heavy atom. The minimum Gasteiger partial charge on any atom is -0.350 e. The molecule has 6 atom stereocenters. The lowest BCUT2D eigenvalue weighted by molar-refractivity contribution is -0.674. The fourth-order valence-corrected chi connectivity index (χ4v) is 7.25. The Hall–Kier alpha value is -3.84. The van der Waals surface area contributed by atoms with Crippen molar-refractivity contribution in [3.05, 3.63) is 47.7 Å². The first-order chi connectivity index (χ1) is 24.7. The number of amides is 5. The van der Waals surface area contributed by atoms with E-state index in [4.69, 9.17) is 0 Å². The average molecular weight is 761 g/mol. The van der Waals surface area contributed by atoms with Gasteiger partial charge in [-0.2, -0.15) is 4.55 Å². The highest BCUT2D eigenvalue weighted by molar-refractivity contribution is 7.79. The molecule has 7 N–H and O–H groups in total. The van der Waals surface area contributed by atoms with Crippen molar-refractivity contribution >= 4 is 40.6 Å². The van der Waals surface area contributed by atoms with Gasteiger partial charge in [-0.1, -0.05) is 98.1 Å². The number of thiol groups is 1. The van der Waals surface area contributed by atoms with E-state index in [9.17, 15) is 32.7 Å². The van der Waals surface area contributed by atoms with E-state index in [-0.39, 0.29) is 36.9 Å². The second-order valence-electron chi connectivity index (χ2n) is 16.3. The van der Waals surface area contributed by atoms with Crippen LogP contribution in [0.1, 0.15) is 94.1 Å². The number of likely N-dealkylation sites (tertiary alicyclic amines) is 1. The molecule has 0 spiro atoms. The fraction of sp³-hybridized carbons (Fsp3) is 0.641. The monoisotopic (exact) mass is 760 g/mol. The van der Waals surface area contributed by atoms with Crippen molar-refractivity contribution < 1.29 is 38.1 Å². The number of urea groups is 1. The molecule has 2 rings (SSSR count). The summed E-state index contributed by atoms with van der Waals surface area (Å²) in [5.41, 5.74) is 3.17. The van der Waals surface area contributed by atoms with Crippen LogP contribution < -0.4 is 26.6 Å². The van der Waals surface area contributed by atoms with Gasteiger partial charge >= 0.3 is 6.03 Å². The fourth-order valence-electron chi connectivity index (χ4n) is 6.62. The molecule has 296 valence electrons. The average Bonchev–Trinajstić information content (AvgIpc) is 3.48. The lowest BCUT2D eigenvalue weighted by atomic mass is 9.83. The van der Waals surface area contributed by atoms with Gasteiger partial charge in [0.25, 0.3) is 5.91 Å². The highest BCUT2D eigenvalue weighted by Gasteiger charge is 2.50. The van der Waals surface area contributed by atoms with Gasteiger partial charge in [-0.15, -0.1) is 5.73 Å². The molecule has 0 aliphatic carbocycles. The van der Waals surface area contributed by atoms with Crippen molar-refractivity contribution in [1.29, 1.82) is 0 Å². The predicted molar refractivity (Wildman–Crippen MR) is 207 cm³/mol. The molecule has 0 bridgehead atoms. The molecule has 1 aromatic rings. The van der Waals surface area contributed by atoms with Gasteiger partial charge in [0.1, 0.15) is 18.6 Å². The van der Waals surface area contributed by atoms with Crippen LogP contribution in [-0.2, 0) is 41.0 Å². The SMILES string of the molecule is C=C=C1CN(C(=O)C(NC(=O)NC(C[NH2+]Cc2ccccc2[SH+](=O)O)C(C)(C)C)C(C)(C)C)C(C(=O)NC(CCCC)C(=O)C(=O)NCC)C1C(C)C. The second-order valence-corrected chi connectivity index (χ2v) is 17.3. The van der Waals surface area contributed by atoms with Gasteiger partial charge in [-0.05, 0) is 47.8 Å². The summed E-state index contributed by atoms with van der Waals surface area (Å²) >= 11 is -2.50. The molecule has 13 nitrogen and oxygen atoms in total. The van der Waals surface area contributed by atoms with Crippen molar-refractivity contribution in [2.45, 2.75) is 124 Å². The third-order valence-corrected chi connectivity index (χ3v) is 10.5. The minimum atomic E-state index is -2.50. The van der Waals surface area contributed by atoms with Crippen molar-refractivity contribution in [3.8, 4) is 0 Å². The van der Waals surface area contributed by atoms with E-state index in [1.54, 1.807) is 25.1 Å². The van der Waals surface area contributed by atoms with Gasteiger partial charge in [0.15, 0.2) is 4.90 Å². The lowest BCUT2D eigenvalue weighted by Crippen LogP contribution is -2.87. The highest BCUT2D eigenvalue weighted by Crippen LogP contribution is 2.36. The van der Waals surface area contributed by atoms with Crippen LogP contribution in [0.15, 0.2) is 47.0 Å². The Kier molecular flexibility index (Phi) is 17.1. The number of likely N-dealkylation sites (N-methyl/N-ethyl adjacent to an activating group) is 1. The number of nitrogens with two attached hydrogens (primary N) is 1. The zero-order valence-corrected chi connectivity index (χ0v) is 34.2. The molecule has 6 unspecified atom stereocenters. The maximum absolute atomic E-state index is 14.6. The normalized spacial score (nSPS) is 18.4. The number of ketones is 1. The summed E-state index contributed by atoms with van der Waals surface area (Å²) in [6.45, 7) is 24.0. The first-order valence-electron chi connectivity index (χ1n) is 18.6. The molecular weight excluding hydrogens is 697 g/mol. The largest absolute Gasteiger partial charge is 0.350 e. The van der Waals surface area contributed by atoms with Crippen LogP contribution in [-0.4, -0.2) is 82.8 Å². The highest BCUT2D eigenvalue weighted by atomic mass is 32.2. The number of hydrogen-bond acceptors (Lipinski definition) is 6. The van der Waals surface area contributed by atoms with Crippen LogP contribution in [0.5, 0.6) is 0 Å². The molecule has 1 heterocycles. The van der Waals surface area contributed by atoms with Crippen LogP contribution in [0.2, 0.25) is 0 Å². The summed E-state index contributed by atoms with van der Waals surface area (Å²) in [4.78, 5) is 70.0. The molecule has 0 aromatic heterocycles. The summed E-state index contributed by atoms with van der Waals surface area (Å²) < 4.78 is 21.6.